The predicted molar refractivity (Wildman–Crippen MR) is 177 cm³/mol. The van der Waals surface area contributed by atoms with Gasteiger partial charge in [0.25, 0.3) is 6.48 Å². The molecule has 0 aromatic rings. The molecule has 1 aliphatic heterocycles. The fourth-order valence-electron chi connectivity index (χ4n) is 11.3. The molecule has 4 fully saturated rings. The summed E-state index contributed by atoms with van der Waals surface area (Å²) in [4.78, 5) is 0. The zero-order valence-corrected chi connectivity index (χ0v) is 30.2. The molecule has 11 nitrogen and oxygen atoms in total. The van der Waals surface area contributed by atoms with E-state index < -0.39 is 61.6 Å². The molecule has 4 aliphatic carbocycles. The largest absolute Gasteiger partial charge is 0.394 e. The number of allylic oxidation sites excluding steroid dienone is 1. The maximum atomic E-state index is 12.1. The van der Waals surface area contributed by atoms with Crippen molar-refractivity contribution in [3.05, 3.63) is 11.6 Å². The van der Waals surface area contributed by atoms with E-state index in [4.69, 9.17) is 14.2 Å². The molecule has 11 heteroatoms. The molecule has 48 heavy (non-hydrogen) atoms. The van der Waals surface area contributed by atoms with Crippen molar-refractivity contribution in [2.75, 3.05) is 6.61 Å². The summed E-state index contributed by atoms with van der Waals surface area (Å²) in [5.74, 6) is 1.12. The van der Waals surface area contributed by atoms with Gasteiger partial charge in [-0.05, 0) is 99.7 Å². The van der Waals surface area contributed by atoms with E-state index in [9.17, 15) is 40.9 Å². The van der Waals surface area contributed by atoms with Crippen molar-refractivity contribution in [3.63, 3.8) is 0 Å². The van der Waals surface area contributed by atoms with Gasteiger partial charge in [-0.25, -0.2) is 0 Å². The van der Waals surface area contributed by atoms with Gasteiger partial charge in [0, 0.05) is 10.8 Å². The highest BCUT2D eigenvalue weighted by molar-refractivity contribution is 5.31. The number of hydrogen-bond acceptors (Lipinski definition) is 11. The molecule has 5 rings (SSSR count). The van der Waals surface area contributed by atoms with Gasteiger partial charge in [0.05, 0.1) is 30.5 Å². The monoisotopic (exact) mass is 684 g/mol. The molecule has 0 radical (unpaired) electrons. The molecule has 0 aromatic carbocycles. The predicted octanol–water partition coefficient (Wildman–Crippen LogP) is 2.59. The Balaban J connectivity index is 1.28. The lowest BCUT2D eigenvalue weighted by Crippen LogP contribution is -2.64. The molecule has 16 atom stereocenters. The SMILES string of the molecule is C[C@H](CCC(OC(O)OC1OC(CO)C(O)C(O)C1O)C(C)(C)O)[C@H]1CC[C@@]2(C)[C@@H]3CC=C4[C@@H](CC[C@H](O)C4(C)C)[C@]3(C)[C@H](O)C[C@]12C. The first-order chi connectivity index (χ1) is 22.1. The lowest BCUT2D eigenvalue weighted by atomic mass is 9.38. The molecule has 0 bridgehead atoms. The van der Waals surface area contributed by atoms with Crippen molar-refractivity contribution >= 4 is 0 Å². The van der Waals surface area contributed by atoms with Gasteiger partial charge in [-0.2, -0.15) is 0 Å². The number of hydrogen-bond donors (Lipinski definition) is 8. The van der Waals surface area contributed by atoms with Gasteiger partial charge >= 0.3 is 0 Å². The van der Waals surface area contributed by atoms with E-state index in [-0.39, 0.29) is 39.6 Å². The Morgan fingerprint density at radius 2 is 1.58 bits per heavy atom. The molecule has 0 amide bonds. The smallest absolute Gasteiger partial charge is 0.271 e. The van der Waals surface area contributed by atoms with Crippen molar-refractivity contribution < 1.29 is 55.1 Å². The first-order valence-corrected chi connectivity index (χ1v) is 18.2. The third kappa shape index (κ3) is 6.14. The number of fused-ring (bicyclic) bond motifs is 5. The zero-order valence-electron chi connectivity index (χ0n) is 30.2. The molecule has 0 spiro atoms. The Morgan fingerprint density at radius 3 is 2.21 bits per heavy atom. The Labute approximate surface area is 286 Å². The molecule has 3 saturated carbocycles. The van der Waals surface area contributed by atoms with Crippen LogP contribution in [0.25, 0.3) is 0 Å². The van der Waals surface area contributed by atoms with E-state index in [2.05, 4.69) is 47.6 Å². The Kier molecular flexibility index (Phi) is 10.7. The number of aliphatic hydroxyl groups excluding tert-OH is 7. The summed E-state index contributed by atoms with van der Waals surface area (Å²) >= 11 is 0. The van der Waals surface area contributed by atoms with Gasteiger partial charge in [0.1, 0.15) is 24.4 Å². The average molecular weight is 685 g/mol. The second-order valence-electron chi connectivity index (χ2n) is 17.9. The van der Waals surface area contributed by atoms with Gasteiger partial charge in [0.15, 0.2) is 6.29 Å². The van der Waals surface area contributed by atoms with Crippen LogP contribution in [0, 0.1) is 45.3 Å². The molecule has 5 aliphatic rings. The molecule has 1 heterocycles. The van der Waals surface area contributed by atoms with Crippen LogP contribution in [0.5, 0.6) is 0 Å². The van der Waals surface area contributed by atoms with Crippen molar-refractivity contribution in [2.45, 2.75) is 168 Å². The molecular formula is C37H64O11. The lowest BCUT2D eigenvalue weighted by molar-refractivity contribution is -0.389. The van der Waals surface area contributed by atoms with E-state index >= 15 is 0 Å². The number of aliphatic hydroxyl groups is 8. The minimum Gasteiger partial charge on any atom is -0.394 e. The lowest BCUT2D eigenvalue weighted by Gasteiger charge is -2.67. The summed E-state index contributed by atoms with van der Waals surface area (Å²) in [6.07, 6.45) is -0.499. The van der Waals surface area contributed by atoms with E-state index in [1.165, 1.54) is 5.57 Å². The molecule has 8 N–H and O–H groups in total. The number of ether oxygens (including phenoxy) is 3. The van der Waals surface area contributed by atoms with Gasteiger partial charge in [0.2, 0.25) is 0 Å². The topological polar surface area (TPSA) is 190 Å². The highest BCUT2D eigenvalue weighted by atomic mass is 16.8. The number of rotatable bonds is 10. The first-order valence-electron chi connectivity index (χ1n) is 18.2. The fraction of sp³-hybridized carbons (Fsp3) is 0.946. The van der Waals surface area contributed by atoms with E-state index in [1.54, 1.807) is 13.8 Å². The van der Waals surface area contributed by atoms with Crippen molar-refractivity contribution in [1.29, 1.82) is 0 Å². The van der Waals surface area contributed by atoms with Crippen LogP contribution in [0.4, 0.5) is 0 Å². The van der Waals surface area contributed by atoms with Gasteiger partial charge in [-0.3, -0.25) is 4.74 Å². The molecule has 7 unspecified atom stereocenters. The van der Waals surface area contributed by atoms with E-state index in [1.807, 2.05) is 0 Å². The highest BCUT2D eigenvalue weighted by Crippen LogP contribution is 2.75. The Hall–Kier alpha value is -0.700. The molecular weight excluding hydrogens is 620 g/mol. The van der Waals surface area contributed by atoms with Crippen LogP contribution in [0.3, 0.4) is 0 Å². The summed E-state index contributed by atoms with van der Waals surface area (Å²) in [7, 11) is 0. The molecule has 278 valence electrons. The van der Waals surface area contributed by atoms with Crippen LogP contribution in [-0.4, -0.2) is 109 Å². The van der Waals surface area contributed by atoms with Gasteiger partial charge in [-0.1, -0.05) is 53.2 Å². The summed E-state index contributed by atoms with van der Waals surface area (Å²) in [6.45, 7) is 14.3. The molecule has 0 aromatic heterocycles. The Morgan fingerprint density at radius 1 is 0.917 bits per heavy atom. The van der Waals surface area contributed by atoms with Crippen molar-refractivity contribution in [3.8, 4) is 0 Å². The summed E-state index contributed by atoms with van der Waals surface area (Å²) in [5.41, 5.74) is -0.679. The molecule has 1 saturated heterocycles. The Bertz CT molecular complexity index is 1170. The third-order valence-corrected chi connectivity index (χ3v) is 14.7. The second-order valence-corrected chi connectivity index (χ2v) is 17.9. The van der Waals surface area contributed by atoms with Gasteiger partial charge in [-0.15, -0.1) is 0 Å². The van der Waals surface area contributed by atoms with Crippen molar-refractivity contribution in [1.82, 2.24) is 0 Å². The normalized spacial score (nSPS) is 47.7. The van der Waals surface area contributed by atoms with Crippen LogP contribution in [0.2, 0.25) is 0 Å². The summed E-state index contributed by atoms with van der Waals surface area (Å²) in [6, 6.07) is 0. The van der Waals surface area contributed by atoms with Crippen LogP contribution < -0.4 is 0 Å². The minimum absolute atomic E-state index is 0.0176. The van der Waals surface area contributed by atoms with Crippen LogP contribution in [0.15, 0.2) is 11.6 Å². The van der Waals surface area contributed by atoms with Crippen LogP contribution in [-0.2, 0) is 14.2 Å². The summed E-state index contributed by atoms with van der Waals surface area (Å²) < 4.78 is 16.4. The maximum Gasteiger partial charge on any atom is 0.271 e. The summed E-state index contributed by atoms with van der Waals surface area (Å²) in [5, 5.41) is 84.6. The quantitative estimate of drug-likeness (QED) is 0.125. The third-order valence-electron chi connectivity index (χ3n) is 14.7. The highest BCUT2D eigenvalue weighted by Gasteiger charge is 2.70. The van der Waals surface area contributed by atoms with Crippen LogP contribution >= 0.6 is 0 Å². The minimum atomic E-state index is -1.92. The average Bonchev–Trinajstić information content (AvgIpc) is 3.27. The first kappa shape index (κ1) is 38.5. The maximum absolute atomic E-state index is 12.1. The van der Waals surface area contributed by atoms with E-state index in [0.29, 0.717) is 24.7 Å². The van der Waals surface area contributed by atoms with Crippen LogP contribution in [0.1, 0.15) is 107 Å². The second kappa shape index (κ2) is 13.4. The standard InChI is InChI=1S/C37H64O11/c1-19(9-14-27(34(4,5)45)47-32(44)48-31-30(43)29(42)28(41)23(18-38)46-31)20-15-16-35(6)24-12-10-21-22(11-13-25(39)33(21,2)3)37(24,8)26(40)17-36(20,35)7/h10,19-20,22-32,38-45H,9,11-18H2,1-8H3/t19-,20-,22-,23?,24+,25+,26-,27?,28?,29?,30?,31?,32?,35+,36-,37+/m1/s1. The van der Waals surface area contributed by atoms with Gasteiger partial charge < -0.3 is 50.3 Å². The van der Waals surface area contributed by atoms with E-state index in [0.717, 1.165) is 38.5 Å². The fourth-order valence-corrected chi connectivity index (χ4v) is 11.3. The zero-order chi connectivity index (χ0) is 35.8. The van der Waals surface area contributed by atoms with Crippen molar-refractivity contribution in [2.24, 2.45) is 45.3 Å².